The van der Waals surface area contributed by atoms with E-state index in [0.717, 1.165) is 16.7 Å². The first kappa shape index (κ1) is 18.3. The molecule has 0 saturated heterocycles. The molecule has 0 radical (unpaired) electrons. The van der Waals surface area contributed by atoms with E-state index in [-0.39, 0.29) is 5.78 Å². The summed E-state index contributed by atoms with van der Waals surface area (Å²) in [4.78, 5) is 17.6. The molecule has 0 amide bonds. The van der Waals surface area contributed by atoms with Crippen molar-refractivity contribution in [3.8, 4) is 0 Å². The van der Waals surface area contributed by atoms with Crippen molar-refractivity contribution in [1.29, 1.82) is 0 Å². The Kier molecular flexibility index (Phi) is 4.41. The van der Waals surface area contributed by atoms with Gasteiger partial charge in [-0.15, -0.1) is 10.2 Å². The Morgan fingerprint density at radius 2 is 1.77 bits per heavy atom. The number of carbonyl (C=O) groups is 1. The maximum atomic E-state index is 12.9. The maximum absolute atomic E-state index is 12.9. The van der Waals surface area contributed by atoms with Crippen LogP contribution in [-0.2, 0) is 0 Å². The minimum atomic E-state index is -0.0440. The summed E-state index contributed by atoms with van der Waals surface area (Å²) in [5.41, 5.74) is 4.09. The molecular formula is C23H16ClN5O. The van der Waals surface area contributed by atoms with E-state index in [2.05, 4.69) is 15.5 Å². The molecule has 1 N–H and O–H groups in total. The number of halogens is 1. The van der Waals surface area contributed by atoms with Gasteiger partial charge >= 0.3 is 0 Å². The number of benzene rings is 3. The number of ketones is 1. The van der Waals surface area contributed by atoms with Crippen LogP contribution in [0.2, 0.25) is 5.02 Å². The van der Waals surface area contributed by atoms with E-state index in [0.29, 0.717) is 33.4 Å². The summed E-state index contributed by atoms with van der Waals surface area (Å²) in [6, 6.07) is 22.1. The minimum absolute atomic E-state index is 0.0440. The van der Waals surface area contributed by atoms with Gasteiger partial charge in [-0.25, -0.2) is 4.98 Å². The molecule has 0 aliphatic rings. The highest BCUT2D eigenvalue weighted by atomic mass is 35.5. The standard InChI is InChI=1S/C23H16ClN5O/c1-14-27-28-23-22(25-18-9-5-8-17(24)13-18)26-19-11-10-16(12-20(19)29(14)23)21(30)15-6-3-2-4-7-15/h2-13H,1H3,(H,25,26). The Bertz CT molecular complexity index is 1410. The molecule has 3 aromatic carbocycles. The Balaban J connectivity index is 1.66. The molecule has 0 fully saturated rings. The number of nitrogens with one attached hydrogen (secondary N) is 1. The van der Waals surface area contributed by atoms with Crippen LogP contribution in [0, 0.1) is 6.92 Å². The molecule has 5 rings (SSSR count). The van der Waals surface area contributed by atoms with Crippen molar-refractivity contribution in [2.45, 2.75) is 6.92 Å². The molecule has 2 aromatic heterocycles. The third-order valence-corrected chi connectivity index (χ3v) is 5.11. The molecule has 0 aliphatic carbocycles. The van der Waals surface area contributed by atoms with Crippen LogP contribution in [0.1, 0.15) is 21.7 Å². The fourth-order valence-electron chi connectivity index (χ4n) is 3.46. The zero-order valence-corrected chi connectivity index (χ0v) is 16.8. The molecule has 5 aromatic rings. The second-order valence-electron chi connectivity index (χ2n) is 6.90. The van der Waals surface area contributed by atoms with E-state index in [1.54, 1.807) is 6.07 Å². The van der Waals surface area contributed by atoms with Crippen molar-refractivity contribution in [2.75, 3.05) is 5.32 Å². The fourth-order valence-corrected chi connectivity index (χ4v) is 3.65. The summed E-state index contributed by atoms with van der Waals surface area (Å²) in [6.45, 7) is 1.87. The van der Waals surface area contributed by atoms with Crippen molar-refractivity contribution < 1.29 is 4.79 Å². The first-order valence-electron chi connectivity index (χ1n) is 9.38. The molecule has 7 heteroatoms. The zero-order chi connectivity index (χ0) is 20.7. The van der Waals surface area contributed by atoms with Gasteiger partial charge < -0.3 is 5.32 Å². The lowest BCUT2D eigenvalue weighted by Crippen LogP contribution is -2.04. The molecule has 2 heterocycles. The topological polar surface area (TPSA) is 72.2 Å². The van der Waals surface area contributed by atoms with Gasteiger partial charge in [0.15, 0.2) is 11.6 Å². The Labute approximate surface area is 177 Å². The summed E-state index contributed by atoms with van der Waals surface area (Å²) in [7, 11) is 0. The lowest BCUT2D eigenvalue weighted by Gasteiger charge is -2.11. The Morgan fingerprint density at radius 1 is 0.933 bits per heavy atom. The fraction of sp³-hybridized carbons (Fsp3) is 0.0435. The average Bonchev–Trinajstić information content (AvgIpc) is 3.16. The summed E-state index contributed by atoms with van der Waals surface area (Å²) < 4.78 is 1.90. The van der Waals surface area contributed by atoms with Gasteiger partial charge in [0.05, 0.1) is 11.0 Å². The molecule has 6 nitrogen and oxygen atoms in total. The number of carbonyl (C=O) groups excluding carboxylic acids is 1. The number of hydrogen-bond donors (Lipinski definition) is 1. The molecule has 0 bridgehead atoms. The van der Waals surface area contributed by atoms with Crippen molar-refractivity contribution >= 4 is 45.6 Å². The maximum Gasteiger partial charge on any atom is 0.204 e. The van der Waals surface area contributed by atoms with Gasteiger partial charge in [-0.2, -0.15) is 0 Å². The van der Waals surface area contributed by atoms with E-state index in [9.17, 15) is 4.79 Å². The van der Waals surface area contributed by atoms with Crippen LogP contribution in [-0.4, -0.2) is 25.4 Å². The van der Waals surface area contributed by atoms with Gasteiger partial charge in [-0.05, 0) is 43.3 Å². The van der Waals surface area contributed by atoms with E-state index < -0.39 is 0 Å². The van der Waals surface area contributed by atoms with E-state index in [1.165, 1.54) is 0 Å². The predicted molar refractivity (Wildman–Crippen MR) is 118 cm³/mol. The van der Waals surface area contributed by atoms with Gasteiger partial charge in [0, 0.05) is 21.8 Å². The van der Waals surface area contributed by atoms with E-state index >= 15 is 0 Å². The van der Waals surface area contributed by atoms with E-state index in [4.69, 9.17) is 16.6 Å². The van der Waals surface area contributed by atoms with Crippen LogP contribution in [0.25, 0.3) is 16.7 Å². The highest BCUT2D eigenvalue weighted by molar-refractivity contribution is 6.30. The lowest BCUT2D eigenvalue weighted by atomic mass is 10.0. The number of fused-ring (bicyclic) bond motifs is 3. The van der Waals surface area contributed by atoms with Gasteiger partial charge in [-0.3, -0.25) is 9.20 Å². The van der Waals surface area contributed by atoms with Crippen LogP contribution in [0.4, 0.5) is 11.5 Å². The Morgan fingerprint density at radius 3 is 2.57 bits per heavy atom. The predicted octanol–water partition coefficient (Wildman–Crippen LogP) is 5.21. The van der Waals surface area contributed by atoms with Crippen LogP contribution >= 0.6 is 11.6 Å². The number of aromatic nitrogens is 4. The molecular weight excluding hydrogens is 398 g/mol. The monoisotopic (exact) mass is 413 g/mol. The molecule has 0 saturated carbocycles. The first-order valence-corrected chi connectivity index (χ1v) is 9.76. The summed E-state index contributed by atoms with van der Waals surface area (Å²) in [6.07, 6.45) is 0. The Hall–Kier alpha value is -3.77. The highest BCUT2D eigenvalue weighted by Gasteiger charge is 2.16. The van der Waals surface area contributed by atoms with Crippen molar-refractivity contribution in [1.82, 2.24) is 19.6 Å². The van der Waals surface area contributed by atoms with Gasteiger partial charge in [0.1, 0.15) is 5.82 Å². The van der Waals surface area contributed by atoms with Crippen molar-refractivity contribution in [3.05, 3.63) is 94.8 Å². The smallest absolute Gasteiger partial charge is 0.204 e. The van der Waals surface area contributed by atoms with E-state index in [1.807, 2.05) is 78.1 Å². The third-order valence-electron chi connectivity index (χ3n) is 4.87. The lowest BCUT2D eigenvalue weighted by molar-refractivity contribution is 0.103. The van der Waals surface area contributed by atoms with Crippen LogP contribution < -0.4 is 5.32 Å². The minimum Gasteiger partial charge on any atom is -0.337 e. The van der Waals surface area contributed by atoms with Crippen LogP contribution in [0.15, 0.2) is 72.8 Å². The number of aryl methyl sites for hydroxylation is 1. The second-order valence-corrected chi connectivity index (χ2v) is 7.34. The molecule has 30 heavy (non-hydrogen) atoms. The van der Waals surface area contributed by atoms with Gasteiger partial charge in [0.2, 0.25) is 5.65 Å². The molecule has 0 unspecified atom stereocenters. The SMILES string of the molecule is Cc1nnc2c(Nc3cccc(Cl)c3)nc3ccc(C(=O)c4ccccc4)cc3n12. The third kappa shape index (κ3) is 3.17. The summed E-state index contributed by atoms with van der Waals surface area (Å²) in [5, 5.41) is 12.4. The van der Waals surface area contributed by atoms with Crippen molar-refractivity contribution in [2.24, 2.45) is 0 Å². The number of hydrogen-bond acceptors (Lipinski definition) is 5. The molecule has 146 valence electrons. The van der Waals surface area contributed by atoms with Gasteiger partial charge in [0.25, 0.3) is 0 Å². The van der Waals surface area contributed by atoms with Gasteiger partial charge in [-0.1, -0.05) is 48.0 Å². The summed E-state index contributed by atoms with van der Waals surface area (Å²) in [5.74, 6) is 1.22. The van der Waals surface area contributed by atoms with Crippen molar-refractivity contribution in [3.63, 3.8) is 0 Å². The summed E-state index contributed by atoms with van der Waals surface area (Å²) >= 11 is 6.10. The second kappa shape index (κ2) is 7.24. The number of nitrogens with zero attached hydrogens (tertiary/aromatic N) is 4. The zero-order valence-electron chi connectivity index (χ0n) is 16.0. The van der Waals surface area contributed by atoms with Crippen LogP contribution in [0.5, 0.6) is 0 Å². The van der Waals surface area contributed by atoms with Crippen LogP contribution in [0.3, 0.4) is 0 Å². The molecule has 0 spiro atoms. The normalized spacial score (nSPS) is 11.1. The largest absolute Gasteiger partial charge is 0.337 e. The number of rotatable bonds is 4. The quantitative estimate of drug-likeness (QED) is 0.409. The average molecular weight is 414 g/mol. The molecule has 0 atom stereocenters. The first-order chi connectivity index (χ1) is 14.6. The highest BCUT2D eigenvalue weighted by Crippen LogP contribution is 2.26. The number of anilines is 2. The molecule has 0 aliphatic heterocycles.